The van der Waals surface area contributed by atoms with Crippen LogP contribution in [0.4, 0.5) is 0 Å². The fourth-order valence-corrected chi connectivity index (χ4v) is 5.94. The number of hydrogen-bond acceptors (Lipinski definition) is 4. The van der Waals surface area contributed by atoms with Gasteiger partial charge in [0.15, 0.2) is 4.08 Å². The van der Waals surface area contributed by atoms with Crippen molar-refractivity contribution in [1.82, 2.24) is 10.2 Å². The average Bonchev–Trinajstić information content (AvgIpc) is 2.92. The third-order valence-corrected chi connectivity index (χ3v) is 6.95. The van der Waals surface area contributed by atoms with Gasteiger partial charge in [-0.05, 0) is 39.3 Å². The zero-order valence-corrected chi connectivity index (χ0v) is 14.9. The van der Waals surface area contributed by atoms with Crippen LogP contribution in [0.15, 0.2) is 28.0 Å². The van der Waals surface area contributed by atoms with E-state index in [-0.39, 0.29) is 17.4 Å². The molecule has 0 saturated carbocycles. The third kappa shape index (κ3) is 2.63. The van der Waals surface area contributed by atoms with Gasteiger partial charge in [-0.3, -0.25) is 9.59 Å². The lowest BCUT2D eigenvalue weighted by molar-refractivity contribution is -0.126. The largest absolute Gasteiger partial charge is 0.347 e. The van der Waals surface area contributed by atoms with E-state index >= 15 is 0 Å². The molecule has 2 heterocycles. The Morgan fingerprint density at radius 1 is 1.32 bits per heavy atom. The van der Waals surface area contributed by atoms with Crippen LogP contribution in [0.5, 0.6) is 0 Å². The second-order valence-corrected chi connectivity index (χ2v) is 9.68. The number of amides is 2. The highest BCUT2D eigenvalue weighted by Gasteiger charge is 2.52. The number of thioether (sulfide) groups is 2. The van der Waals surface area contributed by atoms with Gasteiger partial charge in [-0.1, -0.05) is 29.6 Å². The molecule has 0 aromatic heterocycles. The molecule has 1 aromatic rings. The number of nitrogens with one attached hydrogen (secondary N) is 1. The lowest BCUT2D eigenvalue weighted by Gasteiger charge is -2.21. The Labute approximate surface area is 139 Å². The van der Waals surface area contributed by atoms with E-state index in [0.29, 0.717) is 5.56 Å². The number of fused-ring (bicyclic) bond motifs is 1. The zero-order valence-electron chi connectivity index (χ0n) is 13.2. The van der Waals surface area contributed by atoms with Gasteiger partial charge in [0.05, 0.1) is 5.56 Å². The van der Waals surface area contributed by atoms with E-state index in [4.69, 9.17) is 0 Å². The Balaban J connectivity index is 1.93. The van der Waals surface area contributed by atoms with Gasteiger partial charge in [-0.15, -0.1) is 0 Å². The van der Waals surface area contributed by atoms with Crippen molar-refractivity contribution in [2.24, 2.45) is 0 Å². The minimum Gasteiger partial charge on any atom is -0.347 e. The minimum atomic E-state index is -0.477. The Kier molecular flexibility index (Phi) is 3.72. The van der Waals surface area contributed by atoms with Gasteiger partial charge < -0.3 is 10.2 Å². The predicted molar refractivity (Wildman–Crippen MR) is 90.4 cm³/mol. The summed E-state index contributed by atoms with van der Waals surface area (Å²) < 4.78 is -0.477. The number of carbonyl (C=O) groups is 2. The van der Waals surface area contributed by atoms with Crippen LogP contribution >= 0.6 is 23.5 Å². The van der Waals surface area contributed by atoms with Crippen molar-refractivity contribution < 1.29 is 9.59 Å². The molecule has 1 fully saturated rings. The van der Waals surface area contributed by atoms with Crippen LogP contribution < -0.4 is 5.32 Å². The van der Waals surface area contributed by atoms with Crippen LogP contribution in [0, 0.1) is 0 Å². The molecule has 2 amide bonds. The van der Waals surface area contributed by atoms with E-state index in [9.17, 15) is 9.59 Å². The summed E-state index contributed by atoms with van der Waals surface area (Å²) in [5.74, 6) is 0.0779. The summed E-state index contributed by atoms with van der Waals surface area (Å²) >= 11 is 3.15. The molecular weight excluding hydrogens is 316 g/mol. The maximum Gasteiger partial charge on any atom is 0.252 e. The Morgan fingerprint density at radius 3 is 2.64 bits per heavy atom. The number of carbonyl (C=O) groups excluding carboxylic acids is 2. The lowest BCUT2D eigenvalue weighted by atomic mass is 10.1. The Bertz CT molecular complexity index is 654. The molecule has 22 heavy (non-hydrogen) atoms. The van der Waals surface area contributed by atoms with E-state index in [1.807, 2.05) is 46.0 Å². The summed E-state index contributed by atoms with van der Waals surface area (Å²) in [4.78, 5) is 28.8. The fourth-order valence-electron chi connectivity index (χ4n) is 2.66. The molecule has 0 bridgehead atoms. The first kappa shape index (κ1) is 15.7. The molecule has 0 radical (unpaired) electrons. The van der Waals surface area contributed by atoms with Crippen molar-refractivity contribution >= 4 is 35.3 Å². The maximum absolute atomic E-state index is 12.5. The molecule has 1 aromatic carbocycles. The Hall–Kier alpha value is -1.14. The number of likely N-dealkylation sites (tertiary alicyclic amines) is 1. The molecule has 4 nitrogen and oxygen atoms in total. The van der Waals surface area contributed by atoms with Gasteiger partial charge >= 0.3 is 0 Å². The summed E-state index contributed by atoms with van der Waals surface area (Å²) in [6.45, 7) is 6.67. The molecule has 3 rings (SSSR count). The zero-order chi connectivity index (χ0) is 16.1. The number of nitrogens with zero attached hydrogens (tertiary/aromatic N) is 1. The summed E-state index contributed by atoms with van der Waals surface area (Å²) in [5.41, 5.74) is 0.390. The maximum atomic E-state index is 12.5. The topological polar surface area (TPSA) is 49.4 Å². The van der Waals surface area contributed by atoms with Crippen LogP contribution in [0.3, 0.4) is 0 Å². The monoisotopic (exact) mass is 336 g/mol. The van der Waals surface area contributed by atoms with Crippen LogP contribution in [0.25, 0.3) is 0 Å². The van der Waals surface area contributed by atoms with Gasteiger partial charge in [0.1, 0.15) is 0 Å². The van der Waals surface area contributed by atoms with E-state index < -0.39 is 4.08 Å². The van der Waals surface area contributed by atoms with E-state index in [1.165, 1.54) is 0 Å². The summed E-state index contributed by atoms with van der Waals surface area (Å²) in [7, 11) is 1.84. The van der Waals surface area contributed by atoms with Crippen molar-refractivity contribution in [1.29, 1.82) is 0 Å². The molecular formula is C16H20N2O2S2. The Morgan fingerprint density at radius 2 is 2.05 bits per heavy atom. The van der Waals surface area contributed by atoms with Crippen LogP contribution in [-0.4, -0.2) is 39.9 Å². The highest BCUT2D eigenvalue weighted by Crippen LogP contribution is 2.60. The van der Waals surface area contributed by atoms with Crippen LogP contribution in [-0.2, 0) is 4.79 Å². The molecule has 2 aliphatic heterocycles. The second-order valence-electron chi connectivity index (χ2n) is 6.77. The van der Waals surface area contributed by atoms with Crippen molar-refractivity contribution in [3.05, 3.63) is 23.8 Å². The highest BCUT2D eigenvalue weighted by atomic mass is 32.2. The molecule has 1 unspecified atom stereocenters. The number of rotatable bonds is 1. The molecule has 1 atom stereocenters. The van der Waals surface area contributed by atoms with Gasteiger partial charge in [-0.25, -0.2) is 0 Å². The van der Waals surface area contributed by atoms with E-state index in [2.05, 4.69) is 5.32 Å². The van der Waals surface area contributed by atoms with E-state index in [1.54, 1.807) is 28.4 Å². The SMILES string of the molecule is CN1CCC2(Sc3cccc(C(=O)NC(C)(C)C)c3S2)C1=O. The molecule has 2 aliphatic rings. The smallest absolute Gasteiger partial charge is 0.252 e. The van der Waals surface area contributed by atoms with Gasteiger partial charge in [0, 0.05) is 28.9 Å². The van der Waals surface area contributed by atoms with Gasteiger partial charge in [0.2, 0.25) is 5.91 Å². The average molecular weight is 336 g/mol. The molecule has 118 valence electrons. The first-order valence-corrected chi connectivity index (χ1v) is 8.94. The molecule has 0 aliphatic carbocycles. The normalized spacial score (nSPS) is 24.0. The molecule has 1 spiro atoms. The highest BCUT2D eigenvalue weighted by molar-refractivity contribution is 8.22. The fraction of sp³-hybridized carbons (Fsp3) is 0.500. The van der Waals surface area contributed by atoms with Crippen molar-refractivity contribution in [2.45, 2.75) is 46.6 Å². The molecule has 1 saturated heterocycles. The summed E-state index contributed by atoms with van der Waals surface area (Å²) in [6.07, 6.45) is 0.812. The standard InChI is InChI=1S/C16H20N2O2S2/c1-15(2,3)17-13(19)10-6-5-7-11-12(10)22-16(21-11)8-9-18(4)14(16)20/h5-7H,8-9H2,1-4H3,(H,17,19). The first-order valence-electron chi connectivity index (χ1n) is 7.31. The van der Waals surface area contributed by atoms with Gasteiger partial charge in [-0.2, -0.15) is 0 Å². The predicted octanol–water partition coefficient (Wildman–Crippen LogP) is 2.97. The quantitative estimate of drug-likeness (QED) is 0.856. The van der Waals surface area contributed by atoms with Crippen molar-refractivity contribution in [3.63, 3.8) is 0 Å². The number of hydrogen-bond donors (Lipinski definition) is 1. The molecule has 1 N–H and O–H groups in total. The van der Waals surface area contributed by atoms with Crippen molar-refractivity contribution in [2.75, 3.05) is 13.6 Å². The second kappa shape index (κ2) is 5.20. The van der Waals surface area contributed by atoms with Crippen LogP contribution in [0.2, 0.25) is 0 Å². The van der Waals surface area contributed by atoms with E-state index in [0.717, 1.165) is 22.8 Å². The van der Waals surface area contributed by atoms with Crippen molar-refractivity contribution in [3.8, 4) is 0 Å². The van der Waals surface area contributed by atoms with Crippen LogP contribution in [0.1, 0.15) is 37.6 Å². The third-order valence-electron chi connectivity index (χ3n) is 3.70. The summed E-state index contributed by atoms with van der Waals surface area (Å²) in [6, 6.07) is 5.74. The first-order chi connectivity index (χ1) is 10.2. The number of benzene rings is 1. The lowest BCUT2D eigenvalue weighted by Crippen LogP contribution is -2.40. The molecule has 6 heteroatoms. The minimum absolute atomic E-state index is 0.0756. The summed E-state index contributed by atoms with van der Waals surface area (Å²) in [5, 5.41) is 3.01. The van der Waals surface area contributed by atoms with Gasteiger partial charge in [0.25, 0.3) is 5.91 Å².